The molecule has 0 amide bonds. The Morgan fingerprint density at radius 3 is 2.84 bits per heavy atom. The standard InChI is InChI=1S/C13H12BrN3O2/c14-9-3-1-2-4-10(9)16-5-6-17-8-15-12(13(18)19)11(17)7-16/h1-4,8H,5-7H2,(H,18,19). The van der Waals surface area contributed by atoms with Crippen molar-refractivity contribution < 1.29 is 9.90 Å². The number of aromatic nitrogens is 2. The molecule has 0 atom stereocenters. The maximum Gasteiger partial charge on any atom is 0.356 e. The third-order valence-corrected chi connectivity index (χ3v) is 3.96. The lowest BCUT2D eigenvalue weighted by atomic mass is 10.2. The first kappa shape index (κ1) is 12.2. The van der Waals surface area contributed by atoms with Crippen LogP contribution in [0.1, 0.15) is 16.2 Å². The number of aromatic carboxylic acids is 1. The second kappa shape index (κ2) is 4.70. The highest BCUT2D eigenvalue weighted by Crippen LogP contribution is 2.29. The van der Waals surface area contributed by atoms with Crippen LogP contribution in [0.15, 0.2) is 35.1 Å². The van der Waals surface area contributed by atoms with Gasteiger partial charge < -0.3 is 14.6 Å². The molecule has 3 rings (SSSR count). The molecule has 2 heterocycles. The van der Waals surface area contributed by atoms with E-state index in [2.05, 4.69) is 25.8 Å². The van der Waals surface area contributed by atoms with E-state index in [1.165, 1.54) is 0 Å². The van der Waals surface area contributed by atoms with Crippen molar-refractivity contribution in [2.24, 2.45) is 0 Å². The molecule has 1 aromatic heterocycles. The number of carboxylic acid groups (broad SMARTS) is 1. The van der Waals surface area contributed by atoms with Crippen LogP contribution in [0.2, 0.25) is 0 Å². The molecular weight excluding hydrogens is 310 g/mol. The molecule has 6 heteroatoms. The Morgan fingerprint density at radius 1 is 1.32 bits per heavy atom. The number of fused-ring (bicyclic) bond motifs is 1. The zero-order chi connectivity index (χ0) is 13.4. The molecule has 0 aliphatic carbocycles. The summed E-state index contributed by atoms with van der Waals surface area (Å²) in [6.45, 7) is 2.15. The quantitative estimate of drug-likeness (QED) is 0.922. The van der Waals surface area contributed by atoms with Gasteiger partial charge in [-0.15, -0.1) is 0 Å². The van der Waals surface area contributed by atoms with Crippen LogP contribution in [0.4, 0.5) is 5.69 Å². The second-order valence-corrected chi connectivity index (χ2v) is 5.27. The number of carboxylic acids is 1. The summed E-state index contributed by atoms with van der Waals surface area (Å²) >= 11 is 3.53. The van der Waals surface area contributed by atoms with Crippen LogP contribution in [0, 0.1) is 0 Å². The molecule has 0 radical (unpaired) electrons. The number of rotatable bonds is 2. The van der Waals surface area contributed by atoms with Crippen molar-refractivity contribution in [2.75, 3.05) is 11.4 Å². The molecule has 0 saturated heterocycles. The molecule has 0 unspecified atom stereocenters. The molecular formula is C13H12BrN3O2. The van der Waals surface area contributed by atoms with Gasteiger partial charge in [0.1, 0.15) is 0 Å². The predicted octanol–water partition coefficient (Wildman–Crippen LogP) is 2.36. The molecule has 1 aliphatic heterocycles. The largest absolute Gasteiger partial charge is 0.476 e. The summed E-state index contributed by atoms with van der Waals surface area (Å²) in [5.74, 6) is -0.970. The zero-order valence-electron chi connectivity index (χ0n) is 10.1. The van der Waals surface area contributed by atoms with Crippen molar-refractivity contribution in [3.05, 3.63) is 46.5 Å². The third-order valence-electron chi connectivity index (χ3n) is 3.29. The molecule has 2 aromatic rings. The fourth-order valence-electron chi connectivity index (χ4n) is 2.35. The third kappa shape index (κ3) is 2.12. The van der Waals surface area contributed by atoms with Crippen molar-refractivity contribution in [2.45, 2.75) is 13.1 Å². The van der Waals surface area contributed by atoms with Gasteiger partial charge in [-0.3, -0.25) is 0 Å². The molecule has 5 nitrogen and oxygen atoms in total. The zero-order valence-corrected chi connectivity index (χ0v) is 11.7. The fraction of sp³-hybridized carbons (Fsp3) is 0.231. The SMILES string of the molecule is O=C(O)c1ncn2c1CN(c1ccccc1Br)CC2. The summed E-state index contributed by atoms with van der Waals surface area (Å²) in [5.41, 5.74) is 1.98. The summed E-state index contributed by atoms with van der Waals surface area (Å²) in [6, 6.07) is 7.95. The van der Waals surface area contributed by atoms with E-state index in [1.807, 2.05) is 28.8 Å². The fourth-order valence-corrected chi connectivity index (χ4v) is 2.88. The van der Waals surface area contributed by atoms with Crippen LogP contribution in [-0.2, 0) is 13.1 Å². The van der Waals surface area contributed by atoms with Gasteiger partial charge in [0.05, 0.1) is 24.3 Å². The lowest BCUT2D eigenvalue weighted by Gasteiger charge is -2.31. The first-order valence-corrected chi connectivity index (χ1v) is 6.73. The van der Waals surface area contributed by atoms with E-state index in [1.54, 1.807) is 6.33 Å². The van der Waals surface area contributed by atoms with Gasteiger partial charge in [-0.25, -0.2) is 9.78 Å². The van der Waals surface area contributed by atoms with Gasteiger partial charge in [-0.2, -0.15) is 0 Å². The van der Waals surface area contributed by atoms with Gasteiger partial charge in [-0.05, 0) is 28.1 Å². The van der Waals surface area contributed by atoms with E-state index in [-0.39, 0.29) is 5.69 Å². The number of benzene rings is 1. The highest BCUT2D eigenvalue weighted by Gasteiger charge is 2.24. The van der Waals surface area contributed by atoms with Gasteiger partial charge in [0.2, 0.25) is 0 Å². The maximum atomic E-state index is 11.1. The Balaban J connectivity index is 1.96. The summed E-state index contributed by atoms with van der Waals surface area (Å²) in [7, 11) is 0. The summed E-state index contributed by atoms with van der Waals surface area (Å²) in [4.78, 5) is 17.3. The van der Waals surface area contributed by atoms with E-state index in [0.29, 0.717) is 6.54 Å². The van der Waals surface area contributed by atoms with Crippen LogP contribution < -0.4 is 4.90 Å². The number of halogens is 1. The normalized spacial score (nSPS) is 14.3. The Morgan fingerprint density at radius 2 is 2.11 bits per heavy atom. The molecule has 0 bridgehead atoms. The van der Waals surface area contributed by atoms with E-state index in [4.69, 9.17) is 5.11 Å². The molecule has 19 heavy (non-hydrogen) atoms. The van der Waals surface area contributed by atoms with Crippen LogP contribution in [0.3, 0.4) is 0 Å². The molecule has 0 fully saturated rings. The van der Waals surface area contributed by atoms with Gasteiger partial charge >= 0.3 is 5.97 Å². The minimum Gasteiger partial charge on any atom is -0.476 e. The molecule has 1 aliphatic rings. The van der Waals surface area contributed by atoms with Gasteiger partial charge in [0.25, 0.3) is 0 Å². The first-order chi connectivity index (χ1) is 9.16. The molecule has 0 saturated carbocycles. The lowest BCUT2D eigenvalue weighted by Crippen LogP contribution is -2.34. The highest BCUT2D eigenvalue weighted by atomic mass is 79.9. The smallest absolute Gasteiger partial charge is 0.356 e. The van der Waals surface area contributed by atoms with Crippen molar-refractivity contribution in [1.29, 1.82) is 0 Å². The summed E-state index contributed by atoms with van der Waals surface area (Å²) in [6.07, 6.45) is 1.61. The lowest BCUT2D eigenvalue weighted by molar-refractivity contribution is 0.0689. The Bertz CT molecular complexity index is 639. The van der Waals surface area contributed by atoms with Crippen molar-refractivity contribution in [1.82, 2.24) is 9.55 Å². The molecule has 98 valence electrons. The van der Waals surface area contributed by atoms with E-state index >= 15 is 0 Å². The van der Waals surface area contributed by atoms with E-state index < -0.39 is 5.97 Å². The van der Waals surface area contributed by atoms with Crippen molar-refractivity contribution in [3.63, 3.8) is 0 Å². The molecule has 1 N–H and O–H groups in total. The first-order valence-electron chi connectivity index (χ1n) is 5.93. The maximum absolute atomic E-state index is 11.1. The number of carbonyl (C=O) groups is 1. The number of hydrogen-bond donors (Lipinski definition) is 1. The van der Waals surface area contributed by atoms with E-state index in [0.717, 1.165) is 28.9 Å². The van der Waals surface area contributed by atoms with Gasteiger partial charge in [0.15, 0.2) is 5.69 Å². The number of nitrogens with zero attached hydrogens (tertiary/aromatic N) is 3. The second-order valence-electron chi connectivity index (χ2n) is 4.41. The van der Waals surface area contributed by atoms with Crippen LogP contribution in [-0.4, -0.2) is 27.2 Å². The Kier molecular flexibility index (Phi) is 3.02. The number of anilines is 1. The van der Waals surface area contributed by atoms with Gasteiger partial charge in [-0.1, -0.05) is 12.1 Å². The van der Waals surface area contributed by atoms with Crippen LogP contribution >= 0.6 is 15.9 Å². The van der Waals surface area contributed by atoms with E-state index in [9.17, 15) is 4.79 Å². The minimum absolute atomic E-state index is 0.150. The van der Waals surface area contributed by atoms with Crippen molar-refractivity contribution in [3.8, 4) is 0 Å². The molecule has 0 spiro atoms. The Hall–Kier alpha value is -1.82. The van der Waals surface area contributed by atoms with Crippen LogP contribution in [0.25, 0.3) is 0 Å². The topological polar surface area (TPSA) is 58.4 Å². The average molecular weight is 322 g/mol. The average Bonchev–Trinajstić information content (AvgIpc) is 2.82. The minimum atomic E-state index is -0.970. The molecule has 1 aromatic carbocycles. The predicted molar refractivity (Wildman–Crippen MR) is 74.4 cm³/mol. The number of para-hydroxylation sites is 1. The number of imidazole rings is 1. The monoisotopic (exact) mass is 321 g/mol. The highest BCUT2D eigenvalue weighted by molar-refractivity contribution is 9.10. The number of hydrogen-bond acceptors (Lipinski definition) is 3. The van der Waals surface area contributed by atoms with Gasteiger partial charge in [0, 0.05) is 17.6 Å². The van der Waals surface area contributed by atoms with Crippen LogP contribution in [0.5, 0.6) is 0 Å². The summed E-state index contributed by atoms with van der Waals surface area (Å²) in [5, 5.41) is 9.14. The Labute approximate surface area is 118 Å². The summed E-state index contributed by atoms with van der Waals surface area (Å²) < 4.78 is 2.93. The van der Waals surface area contributed by atoms with Crippen molar-refractivity contribution >= 4 is 27.6 Å².